The van der Waals surface area contributed by atoms with Gasteiger partial charge in [0, 0.05) is 38.8 Å². The van der Waals surface area contributed by atoms with Gasteiger partial charge in [-0.15, -0.1) is 0 Å². The number of carbonyl (C=O) groups excluding carboxylic acids is 4. The molecule has 9 nitrogen and oxygen atoms in total. The summed E-state index contributed by atoms with van der Waals surface area (Å²) in [6.07, 6.45) is 1.36. The summed E-state index contributed by atoms with van der Waals surface area (Å²) >= 11 is 0. The van der Waals surface area contributed by atoms with Crippen molar-refractivity contribution in [3.63, 3.8) is 0 Å². The molecule has 0 atom stereocenters. The van der Waals surface area contributed by atoms with Gasteiger partial charge in [0.25, 0.3) is 0 Å². The van der Waals surface area contributed by atoms with Gasteiger partial charge < -0.3 is 23.8 Å². The third kappa shape index (κ3) is 4.03. The zero-order chi connectivity index (χ0) is 22.8. The average Bonchev–Trinajstić information content (AvgIpc) is 3.39. The molecule has 0 radical (unpaired) electrons. The molecular weight excluding hydrogens is 418 g/mol. The van der Waals surface area contributed by atoms with Crippen LogP contribution in [0, 0.1) is 0 Å². The Labute approximate surface area is 185 Å². The molecule has 0 saturated carbocycles. The number of carbonyl (C=O) groups is 4. The highest BCUT2D eigenvalue weighted by atomic mass is 16.7. The highest BCUT2D eigenvalue weighted by Crippen LogP contribution is 2.54. The summed E-state index contributed by atoms with van der Waals surface area (Å²) < 4.78 is 23.0. The smallest absolute Gasteiger partial charge is 0.250 e. The van der Waals surface area contributed by atoms with Crippen LogP contribution in [0.25, 0.3) is 0 Å². The SMILES string of the molecule is CCCC(=O)c1c2c(c(C(=O)CCC)c3c1OC(CC(=O)N1CCC(=O)CC1)O3)OCO2. The molecule has 1 aromatic rings. The molecule has 0 N–H and O–H groups in total. The van der Waals surface area contributed by atoms with Gasteiger partial charge in [-0.1, -0.05) is 13.8 Å². The number of ether oxygens (including phenoxy) is 4. The monoisotopic (exact) mass is 445 g/mol. The molecule has 3 heterocycles. The van der Waals surface area contributed by atoms with Crippen molar-refractivity contribution in [3.05, 3.63) is 11.1 Å². The van der Waals surface area contributed by atoms with E-state index in [9.17, 15) is 19.2 Å². The molecule has 1 saturated heterocycles. The quantitative estimate of drug-likeness (QED) is 0.562. The number of likely N-dealkylation sites (tertiary alicyclic amines) is 1. The van der Waals surface area contributed by atoms with Crippen LogP contribution in [-0.2, 0) is 9.59 Å². The standard InChI is InChI=1S/C23H27NO8/c1-3-5-14(26)18-20-21(30-12-29-20)19(15(27)6-4-2)23-22(18)31-17(32-23)11-16(28)24-9-7-13(25)8-10-24/h17H,3-12H2,1-2H3. The predicted octanol–water partition coefficient (Wildman–Crippen LogP) is 3.06. The van der Waals surface area contributed by atoms with Crippen LogP contribution in [0.5, 0.6) is 23.0 Å². The van der Waals surface area contributed by atoms with Crippen LogP contribution in [0.15, 0.2) is 0 Å². The lowest BCUT2D eigenvalue weighted by atomic mass is 9.96. The van der Waals surface area contributed by atoms with E-state index < -0.39 is 6.29 Å². The second-order valence-electron chi connectivity index (χ2n) is 8.11. The van der Waals surface area contributed by atoms with Crippen LogP contribution >= 0.6 is 0 Å². The Morgan fingerprint density at radius 2 is 1.34 bits per heavy atom. The Bertz CT molecular complexity index is 904. The predicted molar refractivity (Wildman–Crippen MR) is 112 cm³/mol. The normalized spacial score (nSPS) is 17.1. The first-order valence-corrected chi connectivity index (χ1v) is 11.1. The first kappa shape index (κ1) is 22.1. The molecule has 172 valence electrons. The van der Waals surface area contributed by atoms with E-state index in [0.29, 0.717) is 38.8 Å². The summed E-state index contributed by atoms with van der Waals surface area (Å²) in [6, 6.07) is 0. The number of ketones is 3. The van der Waals surface area contributed by atoms with Crippen molar-refractivity contribution in [1.82, 2.24) is 4.90 Å². The van der Waals surface area contributed by atoms with E-state index >= 15 is 0 Å². The van der Waals surface area contributed by atoms with E-state index in [1.54, 1.807) is 4.90 Å². The van der Waals surface area contributed by atoms with Crippen LogP contribution in [0.4, 0.5) is 0 Å². The van der Waals surface area contributed by atoms with E-state index in [2.05, 4.69) is 0 Å². The highest BCUT2D eigenvalue weighted by Gasteiger charge is 2.42. The van der Waals surface area contributed by atoms with E-state index in [0.717, 1.165) is 0 Å². The summed E-state index contributed by atoms with van der Waals surface area (Å²) in [5.41, 5.74) is 0.391. The third-order valence-corrected chi connectivity index (χ3v) is 5.75. The summed E-state index contributed by atoms with van der Waals surface area (Å²) in [5.74, 6) is 0.201. The number of Topliss-reactive ketones (excluding diaryl/α,β-unsaturated/α-hetero) is 3. The van der Waals surface area contributed by atoms with Crippen LogP contribution < -0.4 is 18.9 Å². The average molecular weight is 445 g/mol. The fourth-order valence-electron chi connectivity index (χ4n) is 4.17. The molecule has 9 heteroatoms. The van der Waals surface area contributed by atoms with Gasteiger partial charge in [0.2, 0.25) is 19.0 Å². The largest absolute Gasteiger partial charge is 0.453 e. The molecule has 32 heavy (non-hydrogen) atoms. The zero-order valence-electron chi connectivity index (χ0n) is 18.4. The van der Waals surface area contributed by atoms with Crippen LogP contribution in [0.2, 0.25) is 0 Å². The molecule has 0 spiro atoms. The number of nitrogens with zero attached hydrogens (tertiary/aromatic N) is 1. The molecule has 3 aliphatic heterocycles. The Kier molecular flexibility index (Phi) is 6.34. The fourth-order valence-corrected chi connectivity index (χ4v) is 4.17. The molecule has 0 aliphatic carbocycles. The number of hydrogen-bond donors (Lipinski definition) is 0. The lowest BCUT2D eigenvalue weighted by molar-refractivity contribution is -0.138. The number of piperidine rings is 1. The Hall–Kier alpha value is -3.10. The number of hydrogen-bond acceptors (Lipinski definition) is 8. The lowest BCUT2D eigenvalue weighted by Gasteiger charge is -2.26. The second-order valence-corrected chi connectivity index (χ2v) is 8.11. The first-order chi connectivity index (χ1) is 15.4. The maximum atomic E-state index is 12.9. The topological polar surface area (TPSA) is 108 Å². The molecule has 4 rings (SSSR count). The van der Waals surface area contributed by atoms with E-state index in [1.807, 2.05) is 13.8 Å². The molecule has 1 aromatic carbocycles. The Morgan fingerprint density at radius 3 is 1.81 bits per heavy atom. The Morgan fingerprint density at radius 1 is 0.844 bits per heavy atom. The van der Waals surface area contributed by atoms with Gasteiger partial charge in [0.15, 0.2) is 34.6 Å². The van der Waals surface area contributed by atoms with E-state index in [-0.39, 0.29) is 83.4 Å². The van der Waals surface area contributed by atoms with E-state index in [4.69, 9.17) is 18.9 Å². The number of benzene rings is 1. The van der Waals surface area contributed by atoms with Gasteiger partial charge in [0.1, 0.15) is 23.3 Å². The summed E-state index contributed by atoms with van der Waals surface area (Å²) in [4.78, 5) is 51.6. The number of rotatable bonds is 8. The van der Waals surface area contributed by atoms with Gasteiger partial charge in [0.05, 0.1) is 0 Å². The van der Waals surface area contributed by atoms with Crippen molar-refractivity contribution in [2.75, 3.05) is 19.9 Å². The molecular formula is C23H27NO8. The fraction of sp³-hybridized carbons (Fsp3) is 0.565. The van der Waals surface area contributed by atoms with Crippen LogP contribution in [-0.4, -0.2) is 54.3 Å². The van der Waals surface area contributed by atoms with Crippen molar-refractivity contribution in [1.29, 1.82) is 0 Å². The van der Waals surface area contributed by atoms with Gasteiger partial charge in [-0.05, 0) is 12.8 Å². The van der Waals surface area contributed by atoms with Crippen LogP contribution in [0.1, 0.15) is 79.5 Å². The van der Waals surface area contributed by atoms with E-state index in [1.165, 1.54) is 0 Å². The first-order valence-electron chi connectivity index (χ1n) is 11.1. The van der Waals surface area contributed by atoms with Crippen molar-refractivity contribution in [2.45, 2.75) is 65.1 Å². The maximum Gasteiger partial charge on any atom is 0.250 e. The molecule has 3 aliphatic rings. The van der Waals surface area contributed by atoms with Crippen LogP contribution in [0.3, 0.4) is 0 Å². The maximum absolute atomic E-state index is 12.9. The minimum Gasteiger partial charge on any atom is -0.453 e. The lowest BCUT2D eigenvalue weighted by Crippen LogP contribution is -2.41. The van der Waals surface area contributed by atoms with Crippen molar-refractivity contribution >= 4 is 23.3 Å². The highest BCUT2D eigenvalue weighted by molar-refractivity contribution is 6.10. The minimum absolute atomic E-state index is 0.0991. The molecule has 0 bridgehead atoms. The second kappa shape index (κ2) is 9.18. The van der Waals surface area contributed by atoms with Gasteiger partial charge >= 0.3 is 0 Å². The van der Waals surface area contributed by atoms with Gasteiger partial charge in [-0.3, -0.25) is 19.2 Å². The van der Waals surface area contributed by atoms with Gasteiger partial charge in [-0.25, -0.2) is 0 Å². The van der Waals surface area contributed by atoms with Crippen molar-refractivity contribution < 1.29 is 38.1 Å². The number of fused-ring (bicyclic) bond motifs is 2. The molecule has 1 fully saturated rings. The summed E-state index contributed by atoms with van der Waals surface area (Å²) in [6.45, 7) is 4.41. The number of amides is 1. The molecule has 0 unspecified atom stereocenters. The van der Waals surface area contributed by atoms with Crippen molar-refractivity contribution in [2.24, 2.45) is 0 Å². The molecule has 0 aromatic heterocycles. The zero-order valence-corrected chi connectivity index (χ0v) is 18.4. The van der Waals surface area contributed by atoms with Gasteiger partial charge in [-0.2, -0.15) is 0 Å². The minimum atomic E-state index is -0.987. The summed E-state index contributed by atoms with van der Waals surface area (Å²) in [7, 11) is 0. The molecule has 1 amide bonds. The van der Waals surface area contributed by atoms with Crippen molar-refractivity contribution in [3.8, 4) is 23.0 Å². The third-order valence-electron chi connectivity index (χ3n) is 5.75. The Balaban J connectivity index is 1.66. The summed E-state index contributed by atoms with van der Waals surface area (Å²) in [5, 5.41) is 0.